The standard InChI is InChI=1S/C10H10Cl2N2O3/c1-2-17-10(16)14-13-5-6-3-7(11)9(15)8(12)4-6/h3-5,15H,2H2,1H3,(H,14,16)/b13-5+. The summed E-state index contributed by atoms with van der Waals surface area (Å²) >= 11 is 11.4. The Hall–Kier alpha value is -1.46. The molecule has 5 nitrogen and oxygen atoms in total. The fourth-order valence-corrected chi connectivity index (χ4v) is 1.49. The van der Waals surface area contributed by atoms with Crippen LogP contribution in [0.5, 0.6) is 5.75 Å². The first kappa shape index (κ1) is 13.6. The molecule has 0 fully saturated rings. The van der Waals surface area contributed by atoms with Gasteiger partial charge in [0.05, 0.1) is 22.9 Å². The van der Waals surface area contributed by atoms with Crippen LogP contribution in [0, 0.1) is 0 Å². The van der Waals surface area contributed by atoms with E-state index in [9.17, 15) is 9.90 Å². The number of nitrogens with zero attached hydrogens (tertiary/aromatic N) is 1. The van der Waals surface area contributed by atoms with Crippen molar-refractivity contribution in [3.05, 3.63) is 27.7 Å². The number of rotatable bonds is 3. The second kappa shape index (κ2) is 6.32. The molecule has 1 amide bonds. The number of phenolic OH excluding ortho intramolecular Hbond substituents is 1. The van der Waals surface area contributed by atoms with Crippen LogP contribution in [-0.4, -0.2) is 24.0 Å². The molecule has 0 aliphatic rings. The molecule has 0 saturated carbocycles. The molecule has 0 bridgehead atoms. The highest BCUT2D eigenvalue weighted by atomic mass is 35.5. The van der Waals surface area contributed by atoms with E-state index in [0.717, 1.165) is 0 Å². The van der Waals surface area contributed by atoms with E-state index in [4.69, 9.17) is 23.2 Å². The average Bonchev–Trinajstić information content (AvgIpc) is 2.26. The summed E-state index contributed by atoms with van der Waals surface area (Å²) in [6.07, 6.45) is 0.674. The maximum absolute atomic E-state index is 10.9. The van der Waals surface area contributed by atoms with Gasteiger partial charge < -0.3 is 9.84 Å². The first-order valence-electron chi connectivity index (χ1n) is 4.68. The topological polar surface area (TPSA) is 70.9 Å². The summed E-state index contributed by atoms with van der Waals surface area (Å²) < 4.78 is 4.59. The van der Waals surface area contributed by atoms with Gasteiger partial charge in [-0.1, -0.05) is 23.2 Å². The number of amides is 1. The number of benzene rings is 1. The summed E-state index contributed by atoms with van der Waals surface area (Å²) in [6, 6.07) is 2.91. The lowest BCUT2D eigenvalue weighted by Gasteiger charge is -2.01. The van der Waals surface area contributed by atoms with Gasteiger partial charge in [-0.3, -0.25) is 0 Å². The van der Waals surface area contributed by atoms with Crippen LogP contribution < -0.4 is 5.43 Å². The van der Waals surface area contributed by atoms with Gasteiger partial charge in [-0.25, -0.2) is 10.2 Å². The lowest BCUT2D eigenvalue weighted by molar-refractivity contribution is 0.152. The van der Waals surface area contributed by atoms with Crippen molar-refractivity contribution in [2.24, 2.45) is 5.10 Å². The molecule has 0 saturated heterocycles. The van der Waals surface area contributed by atoms with Crippen LogP contribution in [0.1, 0.15) is 12.5 Å². The van der Waals surface area contributed by atoms with Crippen molar-refractivity contribution in [2.75, 3.05) is 6.61 Å². The largest absolute Gasteiger partial charge is 0.505 e. The lowest BCUT2D eigenvalue weighted by Crippen LogP contribution is -2.18. The van der Waals surface area contributed by atoms with Gasteiger partial charge in [0.15, 0.2) is 5.75 Å². The smallest absolute Gasteiger partial charge is 0.427 e. The molecule has 2 N–H and O–H groups in total. The van der Waals surface area contributed by atoms with Crippen molar-refractivity contribution in [3.8, 4) is 5.75 Å². The minimum Gasteiger partial charge on any atom is -0.505 e. The molecule has 7 heteroatoms. The molecule has 1 rings (SSSR count). The van der Waals surface area contributed by atoms with Gasteiger partial charge in [-0.05, 0) is 24.6 Å². The van der Waals surface area contributed by atoms with Crippen LogP contribution >= 0.6 is 23.2 Å². The minimum atomic E-state index is -0.653. The molecule has 0 aromatic heterocycles. The fourth-order valence-electron chi connectivity index (χ4n) is 0.983. The van der Waals surface area contributed by atoms with Gasteiger partial charge >= 0.3 is 6.09 Å². The van der Waals surface area contributed by atoms with Gasteiger partial charge in [0.25, 0.3) is 0 Å². The van der Waals surface area contributed by atoms with Crippen molar-refractivity contribution in [1.29, 1.82) is 0 Å². The van der Waals surface area contributed by atoms with Crippen LogP contribution in [0.2, 0.25) is 10.0 Å². The Morgan fingerprint density at radius 1 is 1.53 bits per heavy atom. The van der Waals surface area contributed by atoms with Crippen molar-refractivity contribution in [1.82, 2.24) is 5.43 Å². The molecule has 0 radical (unpaired) electrons. The zero-order valence-electron chi connectivity index (χ0n) is 8.91. The maximum atomic E-state index is 10.9. The van der Waals surface area contributed by atoms with E-state index in [-0.39, 0.29) is 22.4 Å². The average molecular weight is 277 g/mol. The molecular formula is C10H10Cl2N2O3. The zero-order chi connectivity index (χ0) is 12.8. The van der Waals surface area contributed by atoms with E-state index in [1.807, 2.05) is 0 Å². The van der Waals surface area contributed by atoms with Crippen LogP contribution in [0.4, 0.5) is 4.79 Å². The third kappa shape index (κ3) is 4.13. The van der Waals surface area contributed by atoms with Crippen LogP contribution in [-0.2, 0) is 4.74 Å². The highest BCUT2D eigenvalue weighted by molar-refractivity contribution is 6.37. The van der Waals surface area contributed by atoms with Gasteiger partial charge in [-0.15, -0.1) is 0 Å². The van der Waals surface area contributed by atoms with Crippen molar-refractivity contribution < 1.29 is 14.6 Å². The third-order valence-corrected chi connectivity index (χ3v) is 2.26. The van der Waals surface area contributed by atoms with Crippen molar-refractivity contribution in [2.45, 2.75) is 6.92 Å². The van der Waals surface area contributed by atoms with E-state index >= 15 is 0 Å². The molecule has 0 spiro atoms. The Labute approximate surface area is 108 Å². The van der Waals surface area contributed by atoms with E-state index in [1.165, 1.54) is 18.3 Å². The van der Waals surface area contributed by atoms with Crippen LogP contribution in [0.25, 0.3) is 0 Å². The SMILES string of the molecule is CCOC(=O)N/N=C/c1cc(Cl)c(O)c(Cl)c1. The molecule has 17 heavy (non-hydrogen) atoms. The number of phenols is 1. The summed E-state index contributed by atoms with van der Waals surface area (Å²) in [4.78, 5) is 10.9. The highest BCUT2D eigenvalue weighted by Gasteiger charge is 2.05. The van der Waals surface area contributed by atoms with Crippen LogP contribution in [0.15, 0.2) is 17.2 Å². The van der Waals surface area contributed by atoms with Crippen molar-refractivity contribution in [3.63, 3.8) is 0 Å². The number of hydrogen-bond acceptors (Lipinski definition) is 4. The number of hydrazone groups is 1. The Morgan fingerprint density at radius 3 is 2.65 bits per heavy atom. The molecule has 1 aromatic carbocycles. The van der Waals surface area contributed by atoms with Crippen molar-refractivity contribution >= 4 is 35.5 Å². The van der Waals surface area contributed by atoms with Gasteiger partial charge in [-0.2, -0.15) is 5.10 Å². The lowest BCUT2D eigenvalue weighted by atomic mass is 10.2. The summed E-state index contributed by atoms with van der Waals surface area (Å²) in [5.41, 5.74) is 2.68. The number of nitrogens with one attached hydrogen (secondary N) is 1. The maximum Gasteiger partial charge on any atom is 0.427 e. The number of carbonyl (C=O) groups excluding carboxylic acids is 1. The molecule has 0 atom stereocenters. The Morgan fingerprint density at radius 2 is 2.12 bits per heavy atom. The number of aromatic hydroxyl groups is 1. The van der Waals surface area contributed by atoms with E-state index in [0.29, 0.717) is 5.56 Å². The summed E-state index contributed by atoms with van der Waals surface area (Å²) in [6.45, 7) is 1.95. The quantitative estimate of drug-likeness (QED) is 0.659. The molecule has 0 heterocycles. The first-order valence-corrected chi connectivity index (χ1v) is 5.44. The van der Waals surface area contributed by atoms with E-state index < -0.39 is 6.09 Å². The molecule has 1 aromatic rings. The molecule has 92 valence electrons. The molecular weight excluding hydrogens is 267 g/mol. The summed E-state index contributed by atoms with van der Waals surface area (Å²) in [5, 5.41) is 13.2. The Kier molecular flexibility index (Phi) is 5.06. The number of hydrogen-bond donors (Lipinski definition) is 2. The normalized spacial score (nSPS) is 10.5. The Balaban J connectivity index is 2.69. The number of carbonyl (C=O) groups is 1. The molecule has 0 aliphatic heterocycles. The molecule has 0 aliphatic carbocycles. The van der Waals surface area contributed by atoms with Gasteiger partial charge in [0.2, 0.25) is 0 Å². The van der Waals surface area contributed by atoms with Gasteiger partial charge in [0.1, 0.15) is 0 Å². The first-order chi connectivity index (χ1) is 8.04. The number of halogens is 2. The van der Waals surface area contributed by atoms with E-state index in [2.05, 4.69) is 15.3 Å². The predicted molar refractivity (Wildman–Crippen MR) is 65.9 cm³/mol. The monoisotopic (exact) mass is 276 g/mol. The summed E-state index contributed by atoms with van der Waals surface area (Å²) in [7, 11) is 0. The molecule has 0 unspecified atom stereocenters. The fraction of sp³-hybridized carbons (Fsp3) is 0.200. The van der Waals surface area contributed by atoms with Gasteiger partial charge in [0, 0.05) is 0 Å². The third-order valence-electron chi connectivity index (χ3n) is 1.68. The predicted octanol–water partition coefficient (Wildman–Crippen LogP) is 2.78. The zero-order valence-corrected chi connectivity index (χ0v) is 10.4. The Bertz CT molecular complexity index is 426. The highest BCUT2D eigenvalue weighted by Crippen LogP contribution is 2.32. The van der Waals surface area contributed by atoms with Crippen LogP contribution in [0.3, 0.4) is 0 Å². The second-order valence-corrected chi connectivity index (χ2v) is 3.74. The second-order valence-electron chi connectivity index (χ2n) is 2.92. The van der Waals surface area contributed by atoms with E-state index in [1.54, 1.807) is 6.92 Å². The minimum absolute atomic E-state index is 0.107. The summed E-state index contributed by atoms with van der Waals surface area (Å²) in [5.74, 6) is -0.191. The number of ether oxygens (including phenoxy) is 1.